The van der Waals surface area contributed by atoms with Gasteiger partial charge in [-0.3, -0.25) is 4.79 Å². The molecule has 0 unspecified atom stereocenters. The number of fused-ring (bicyclic) bond motifs is 6. The van der Waals surface area contributed by atoms with Crippen LogP contribution in [-0.2, 0) is 11.2 Å². The maximum absolute atomic E-state index is 11.6. The van der Waals surface area contributed by atoms with Gasteiger partial charge in [-0.15, -0.1) is 0 Å². The number of hydrogen-bond acceptors (Lipinski definition) is 5. The van der Waals surface area contributed by atoms with Gasteiger partial charge in [0.05, 0.1) is 5.69 Å². The van der Waals surface area contributed by atoms with Crippen LogP contribution < -0.4 is 23.8 Å². The van der Waals surface area contributed by atoms with Gasteiger partial charge < -0.3 is 23.8 Å². The number of carbonyl (C=O) groups excluding carboxylic acids is 1. The third kappa shape index (κ3) is 1.56. The molecule has 6 heteroatoms. The third-order valence-corrected chi connectivity index (χ3v) is 5.17. The molecule has 6 nitrogen and oxygen atoms in total. The van der Waals surface area contributed by atoms with E-state index in [1.807, 2.05) is 24.3 Å². The van der Waals surface area contributed by atoms with Crippen molar-refractivity contribution < 1.29 is 23.7 Å². The van der Waals surface area contributed by atoms with E-state index < -0.39 is 0 Å². The predicted molar refractivity (Wildman–Crippen MR) is 90.8 cm³/mol. The molecule has 1 amide bonds. The van der Waals surface area contributed by atoms with Crippen LogP contribution in [0.25, 0.3) is 21.5 Å². The van der Waals surface area contributed by atoms with Crippen molar-refractivity contribution in [3.8, 4) is 23.0 Å². The molecular formula is C19H13NO5. The molecular weight excluding hydrogens is 322 g/mol. The third-order valence-electron chi connectivity index (χ3n) is 5.17. The van der Waals surface area contributed by atoms with Gasteiger partial charge in [-0.05, 0) is 35.6 Å². The lowest BCUT2D eigenvalue weighted by Crippen LogP contribution is -2.27. The van der Waals surface area contributed by atoms with E-state index in [2.05, 4.69) is 0 Å². The molecule has 124 valence electrons. The SMILES string of the molecule is O=CN1CCc2cc3c(c4c2c1cc1ccc2c(c14)OCO2)OCO3. The van der Waals surface area contributed by atoms with Crippen LogP contribution in [0.3, 0.4) is 0 Å². The predicted octanol–water partition coefficient (Wildman–Crippen LogP) is 2.97. The van der Waals surface area contributed by atoms with E-state index in [0.717, 1.165) is 62.9 Å². The van der Waals surface area contributed by atoms with Crippen LogP contribution in [0.1, 0.15) is 5.56 Å². The Bertz CT molecular complexity index is 1090. The molecule has 3 heterocycles. The summed E-state index contributed by atoms with van der Waals surface area (Å²) in [6, 6.07) is 7.96. The number of rotatable bonds is 1. The Morgan fingerprint density at radius 3 is 2.52 bits per heavy atom. The van der Waals surface area contributed by atoms with Gasteiger partial charge in [0.2, 0.25) is 20.0 Å². The second kappa shape index (κ2) is 4.47. The molecule has 0 atom stereocenters. The second-order valence-corrected chi connectivity index (χ2v) is 6.36. The van der Waals surface area contributed by atoms with Crippen molar-refractivity contribution in [1.82, 2.24) is 0 Å². The molecule has 0 aliphatic carbocycles. The normalized spacial score (nSPS) is 16.7. The standard InChI is InChI=1S/C19H13NO5/c21-7-20-4-3-11-6-14-19(25-9-23-14)17-15(11)12(20)5-10-1-2-13-18(16(10)17)24-8-22-13/h1-2,5-7H,3-4,8-9H2. The minimum Gasteiger partial charge on any atom is -0.454 e. The highest BCUT2D eigenvalue weighted by Gasteiger charge is 2.30. The zero-order valence-corrected chi connectivity index (χ0v) is 13.2. The Hall–Kier alpha value is -3.15. The first-order valence-corrected chi connectivity index (χ1v) is 8.17. The largest absolute Gasteiger partial charge is 0.454 e. The Morgan fingerprint density at radius 2 is 1.68 bits per heavy atom. The van der Waals surface area contributed by atoms with Crippen molar-refractivity contribution >= 4 is 33.6 Å². The molecule has 0 radical (unpaired) electrons. The van der Waals surface area contributed by atoms with E-state index in [1.165, 1.54) is 0 Å². The van der Waals surface area contributed by atoms with Crippen LogP contribution in [0.5, 0.6) is 23.0 Å². The van der Waals surface area contributed by atoms with E-state index in [-0.39, 0.29) is 13.6 Å². The number of benzene rings is 3. The Balaban J connectivity index is 1.89. The summed E-state index contributed by atoms with van der Waals surface area (Å²) in [5.41, 5.74) is 2.06. The quantitative estimate of drug-likeness (QED) is 0.505. The van der Waals surface area contributed by atoms with Crippen LogP contribution in [0.2, 0.25) is 0 Å². The van der Waals surface area contributed by atoms with Crippen molar-refractivity contribution in [3.05, 3.63) is 29.8 Å². The van der Waals surface area contributed by atoms with Crippen LogP contribution in [0.4, 0.5) is 5.69 Å². The molecule has 0 fully saturated rings. The van der Waals surface area contributed by atoms with Crippen LogP contribution in [0.15, 0.2) is 24.3 Å². The topological polar surface area (TPSA) is 57.2 Å². The van der Waals surface area contributed by atoms with Gasteiger partial charge in [-0.2, -0.15) is 0 Å². The molecule has 3 aromatic rings. The minimum absolute atomic E-state index is 0.198. The molecule has 25 heavy (non-hydrogen) atoms. The van der Waals surface area contributed by atoms with E-state index in [0.29, 0.717) is 12.3 Å². The molecule has 0 saturated carbocycles. The summed E-state index contributed by atoms with van der Waals surface area (Å²) in [4.78, 5) is 13.3. The summed E-state index contributed by atoms with van der Waals surface area (Å²) in [5, 5.41) is 3.89. The second-order valence-electron chi connectivity index (χ2n) is 6.36. The summed E-state index contributed by atoms with van der Waals surface area (Å²) < 4.78 is 22.8. The van der Waals surface area contributed by atoms with Gasteiger partial charge in [-0.1, -0.05) is 6.07 Å². The highest BCUT2D eigenvalue weighted by molar-refractivity contribution is 6.21. The fourth-order valence-electron chi connectivity index (χ4n) is 4.11. The summed E-state index contributed by atoms with van der Waals surface area (Å²) in [6.45, 7) is 1.06. The highest BCUT2D eigenvalue weighted by atomic mass is 16.7. The van der Waals surface area contributed by atoms with Crippen molar-refractivity contribution in [3.63, 3.8) is 0 Å². The number of ether oxygens (including phenoxy) is 4. The Kier molecular flexibility index (Phi) is 2.36. The lowest BCUT2D eigenvalue weighted by atomic mass is 9.91. The fraction of sp³-hybridized carbons (Fsp3) is 0.211. The number of hydrogen-bond donors (Lipinski definition) is 0. The Morgan fingerprint density at radius 1 is 0.880 bits per heavy atom. The maximum Gasteiger partial charge on any atom is 0.231 e. The van der Waals surface area contributed by atoms with Gasteiger partial charge >= 0.3 is 0 Å². The molecule has 0 spiro atoms. The molecule has 0 N–H and O–H groups in total. The van der Waals surface area contributed by atoms with Crippen molar-refractivity contribution in [2.24, 2.45) is 0 Å². The maximum atomic E-state index is 11.6. The highest BCUT2D eigenvalue weighted by Crippen LogP contribution is 2.53. The summed E-state index contributed by atoms with van der Waals surface area (Å²) >= 11 is 0. The molecule has 6 rings (SSSR count). The van der Waals surface area contributed by atoms with Crippen LogP contribution in [0, 0.1) is 0 Å². The number of amides is 1. The lowest BCUT2D eigenvalue weighted by molar-refractivity contribution is -0.107. The minimum atomic E-state index is 0.198. The summed E-state index contributed by atoms with van der Waals surface area (Å²) in [7, 11) is 0. The van der Waals surface area contributed by atoms with Gasteiger partial charge in [-0.25, -0.2) is 0 Å². The summed E-state index contributed by atoms with van der Waals surface area (Å²) in [6.07, 6.45) is 1.66. The molecule has 0 aromatic heterocycles. The summed E-state index contributed by atoms with van der Waals surface area (Å²) in [5.74, 6) is 2.91. The zero-order valence-electron chi connectivity index (χ0n) is 13.2. The molecule has 3 aliphatic rings. The van der Waals surface area contributed by atoms with Gasteiger partial charge in [0, 0.05) is 22.7 Å². The fourth-order valence-corrected chi connectivity index (χ4v) is 4.11. The lowest BCUT2D eigenvalue weighted by Gasteiger charge is -2.27. The van der Waals surface area contributed by atoms with E-state index in [1.54, 1.807) is 4.90 Å². The Labute approximate surface area is 142 Å². The monoisotopic (exact) mass is 335 g/mol. The average Bonchev–Trinajstić information content (AvgIpc) is 3.30. The molecule has 3 aliphatic heterocycles. The molecule has 0 saturated heterocycles. The number of nitrogens with zero attached hydrogens (tertiary/aromatic N) is 1. The van der Waals surface area contributed by atoms with Crippen LogP contribution in [-0.4, -0.2) is 26.5 Å². The zero-order chi connectivity index (χ0) is 16.5. The van der Waals surface area contributed by atoms with Gasteiger partial charge in [0.15, 0.2) is 23.0 Å². The smallest absolute Gasteiger partial charge is 0.231 e. The van der Waals surface area contributed by atoms with Crippen LogP contribution >= 0.6 is 0 Å². The average molecular weight is 335 g/mol. The number of anilines is 1. The van der Waals surface area contributed by atoms with E-state index in [9.17, 15) is 4.79 Å². The van der Waals surface area contributed by atoms with Crippen molar-refractivity contribution in [1.29, 1.82) is 0 Å². The first kappa shape index (κ1) is 13.2. The van der Waals surface area contributed by atoms with Crippen molar-refractivity contribution in [2.75, 3.05) is 25.0 Å². The van der Waals surface area contributed by atoms with Gasteiger partial charge in [0.25, 0.3) is 0 Å². The van der Waals surface area contributed by atoms with E-state index in [4.69, 9.17) is 18.9 Å². The van der Waals surface area contributed by atoms with Gasteiger partial charge in [0.1, 0.15) is 0 Å². The molecule has 0 bridgehead atoms. The van der Waals surface area contributed by atoms with Crippen molar-refractivity contribution in [2.45, 2.75) is 6.42 Å². The number of carbonyl (C=O) groups is 1. The first-order chi connectivity index (χ1) is 12.3. The molecule has 3 aromatic carbocycles. The van der Waals surface area contributed by atoms with E-state index >= 15 is 0 Å². The first-order valence-electron chi connectivity index (χ1n) is 8.17.